The van der Waals surface area contributed by atoms with Crippen molar-refractivity contribution < 1.29 is 9.59 Å². The fourth-order valence-electron chi connectivity index (χ4n) is 2.98. The highest BCUT2D eigenvalue weighted by Crippen LogP contribution is 2.25. The number of likely N-dealkylation sites (tertiary alicyclic amines) is 1. The highest BCUT2D eigenvalue weighted by atomic mass is 35.5. The molecule has 2 aromatic carbocycles. The first-order valence-corrected chi connectivity index (χ1v) is 9.42. The van der Waals surface area contributed by atoms with E-state index in [1.807, 2.05) is 30.3 Å². The minimum Gasteiger partial charge on any atom is -0.339 e. The van der Waals surface area contributed by atoms with Gasteiger partial charge in [0, 0.05) is 24.0 Å². The third kappa shape index (κ3) is 5.08. The van der Waals surface area contributed by atoms with Crippen LogP contribution in [0, 0.1) is 5.92 Å². The van der Waals surface area contributed by atoms with Crippen molar-refractivity contribution in [1.29, 1.82) is 0 Å². The summed E-state index contributed by atoms with van der Waals surface area (Å²) in [6.45, 7) is 0.997. The van der Waals surface area contributed by atoms with Gasteiger partial charge in [-0.05, 0) is 36.6 Å². The number of hydrogen-bond acceptors (Lipinski definition) is 3. The Morgan fingerprint density at radius 3 is 2.44 bits per heavy atom. The van der Waals surface area contributed by atoms with E-state index in [9.17, 15) is 9.59 Å². The molecule has 2 amide bonds. The van der Waals surface area contributed by atoms with Gasteiger partial charge < -0.3 is 4.90 Å². The monoisotopic (exact) mass is 403 g/mol. The largest absolute Gasteiger partial charge is 0.339 e. The Morgan fingerprint density at radius 2 is 1.78 bits per heavy atom. The van der Waals surface area contributed by atoms with Crippen molar-refractivity contribution in [3.05, 3.63) is 69.7 Å². The van der Waals surface area contributed by atoms with Gasteiger partial charge >= 0.3 is 0 Å². The lowest BCUT2D eigenvalue weighted by atomic mass is 9.95. The SMILES string of the molecule is O=C(N/N=C\c1ccccc1)C1CCN(C(=O)c2ccc(Cl)cc2Cl)CC1. The molecule has 1 aliphatic heterocycles. The lowest BCUT2D eigenvalue weighted by Crippen LogP contribution is -2.42. The predicted octanol–water partition coefficient (Wildman–Crippen LogP) is 4.00. The second kappa shape index (κ2) is 9.02. The molecule has 0 atom stereocenters. The van der Waals surface area contributed by atoms with Crippen LogP contribution < -0.4 is 5.43 Å². The van der Waals surface area contributed by atoms with Crippen LogP contribution in [0.4, 0.5) is 0 Å². The smallest absolute Gasteiger partial charge is 0.255 e. The van der Waals surface area contributed by atoms with Crippen molar-refractivity contribution in [2.24, 2.45) is 11.0 Å². The summed E-state index contributed by atoms with van der Waals surface area (Å²) in [6.07, 6.45) is 2.78. The van der Waals surface area contributed by atoms with Crippen LogP contribution in [-0.4, -0.2) is 36.0 Å². The lowest BCUT2D eigenvalue weighted by molar-refractivity contribution is -0.126. The van der Waals surface area contributed by atoms with Crippen LogP contribution in [0.3, 0.4) is 0 Å². The summed E-state index contributed by atoms with van der Waals surface area (Å²) in [4.78, 5) is 26.6. The molecular weight excluding hydrogens is 385 g/mol. The van der Waals surface area contributed by atoms with Gasteiger partial charge in [-0.3, -0.25) is 9.59 Å². The van der Waals surface area contributed by atoms with E-state index in [0.717, 1.165) is 5.56 Å². The van der Waals surface area contributed by atoms with Gasteiger partial charge in [0.15, 0.2) is 0 Å². The number of piperidine rings is 1. The van der Waals surface area contributed by atoms with Gasteiger partial charge in [0.2, 0.25) is 5.91 Å². The molecule has 0 bridgehead atoms. The molecule has 0 aromatic heterocycles. The molecule has 0 aliphatic carbocycles. The molecule has 2 aromatic rings. The third-order valence-corrected chi connectivity index (χ3v) is 5.05. The van der Waals surface area contributed by atoms with Crippen molar-refractivity contribution in [3.63, 3.8) is 0 Å². The zero-order valence-electron chi connectivity index (χ0n) is 14.6. The number of carbonyl (C=O) groups is 2. The molecule has 1 aliphatic rings. The number of rotatable bonds is 4. The van der Waals surface area contributed by atoms with E-state index in [0.29, 0.717) is 41.5 Å². The van der Waals surface area contributed by atoms with Crippen LogP contribution in [0.2, 0.25) is 10.0 Å². The Balaban J connectivity index is 1.51. The number of carbonyl (C=O) groups excluding carboxylic acids is 2. The van der Waals surface area contributed by atoms with Crippen molar-refractivity contribution >= 4 is 41.2 Å². The highest BCUT2D eigenvalue weighted by molar-refractivity contribution is 6.36. The predicted molar refractivity (Wildman–Crippen MR) is 107 cm³/mol. The van der Waals surface area contributed by atoms with E-state index < -0.39 is 0 Å². The second-order valence-corrected chi connectivity index (χ2v) is 7.18. The molecule has 3 rings (SSSR count). The molecule has 0 unspecified atom stereocenters. The van der Waals surface area contributed by atoms with E-state index >= 15 is 0 Å². The van der Waals surface area contributed by atoms with Crippen molar-refractivity contribution in [2.45, 2.75) is 12.8 Å². The standard InChI is InChI=1S/C20H19Cl2N3O2/c21-16-6-7-17(18(22)12-16)20(27)25-10-8-15(9-11-25)19(26)24-23-13-14-4-2-1-3-5-14/h1-7,12-13,15H,8-11H2,(H,24,26)/b23-13-. The Kier molecular flexibility index (Phi) is 6.48. The molecule has 27 heavy (non-hydrogen) atoms. The molecule has 1 fully saturated rings. The quantitative estimate of drug-likeness (QED) is 0.619. The Morgan fingerprint density at radius 1 is 1.07 bits per heavy atom. The molecule has 140 valence electrons. The fourth-order valence-corrected chi connectivity index (χ4v) is 3.47. The van der Waals surface area contributed by atoms with Crippen LogP contribution in [0.15, 0.2) is 53.6 Å². The summed E-state index contributed by atoms with van der Waals surface area (Å²) in [5.41, 5.74) is 3.93. The van der Waals surface area contributed by atoms with Gasteiger partial charge in [0.25, 0.3) is 5.91 Å². The number of benzene rings is 2. The maximum Gasteiger partial charge on any atom is 0.255 e. The number of amides is 2. The Bertz CT molecular complexity index is 848. The molecule has 1 saturated heterocycles. The van der Waals surface area contributed by atoms with E-state index in [2.05, 4.69) is 10.5 Å². The lowest BCUT2D eigenvalue weighted by Gasteiger charge is -2.31. The van der Waals surface area contributed by atoms with Crippen molar-refractivity contribution in [2.75, 3.05) is 13.1 Å². The summed E-state index contributed by atoms with van der Waals surface area (Å²) >= 11 is 12.0. The molecule has 7 heteroatoms. The van der Waals surface area contributed by atoms with E-state index in [1.165, 1.54) is 0 Å². The number of halogens is 2. The zero-order valence-corrected chi connectivity index (χ0v) is 16.1. The summed E-state index contributed by atoms with van der Waals surface area (Å²) in [5, 5.41) is 4.83. The normalized spacial score (nSPS) is 15.1. The van der Waals surface area contributed by atoms with E-state index in [4.69, 9.17) is 23.2 Å². The highest BCUT2D eigenvalue weighted by Gasteiger charge is 2.28. The van der Waals surface area contributed by atoms with Gasteiger partial charge in [-0.25, -0.2) is 5.43 Å². The summed E-state index contributed by atoms with van der Waals surface area (Å²) in [7, 11) is 0. The van der Waals surface area contributed by atoms with Crippen LogP contribution >= 0.6 is 23.2 Å². The van der Waals surface area contributed by atoms with Crippen LogP contribution in [-0.2, 0) is 4.79 Å². The van der Waals surface area contributed by atoms with Gasteiger partial charge in [0.05, 0.1) is 16.8 Å². The summed E-state index contributed by atoms with van der Waals surface area (Å²) < 4.78 is 0. The first-order chi connectivity index (χ1) is 13.0. The van der Waals surface area contributed by atoms with Gasteiger partial charge in [-0.2, -0.15) is 5.10 Å². The van der Waals surface area contributed by atoms with E-state index in [1.54, 1.807) is 29.3 Å². The molecule has 0 spiro atoms. The zero-order chi connectivity index (χ0) is 19.2. The van der Waals surface area contributed by atoms with Gasteiger partial charge in [0.1, 0.15) is 0 Å². The minimum atomic E-state index is -0.164. The molecular formula is C20H19Cl2N3O2. The molecule has 0 saturated carbocycles. The van der Waals surface area contributed by atoms with E-state index in [-0.39, 0.29) is 17.7 Å². The Labute approximate surface area is 168 Å². The van der Waals surface area contributed by atoms with Crippen molar-refractivity contribution in [3.8, 4) is 0 Å². The fraction of sp³-hybridized carbons (Fsp3) is 0.250. The van der Waals surface area contributed by atoms with Crippen molar-refractivity contribution in [1.82, 2.24) is 10.3 Å². The molecule has 0 radical (unpaired) electrons. The topological polar surface area (TPSA) is 61.8 Å². The third-order valence-electron chi connectivity index (χ3n) is 4.50. The number of hydrogen-bond donors (Lipinski definition) is 1. The second-order valence-electron chi connectivity index (χ2n) is 6.34. The first kappa shape index (κ1) is 19.4. The molecule has 1 N–H and O–H groups in total. The summed E-state index contributed by atoms with van der Waals surface area (Å²) in [6, 6.07) is 14.4. The van der Waals surface area contributed by atoms with Gasteiger partial charge in [-0.15, -0.1) is 0 Å². The first-order valence-electron chi connectivity index (χ1n) is 8.67. The van der Waals surface area contributed by atoms with Crippen LogP contribution in [0.5, 0.6) is 0 Å². The number of nitrogens with zero attached hydrogens (tertiary/aromatic N) is 2. The minimum absolute atomic E-state index is 0.126. The molecule has 1 heterocycles. The van der Waals surface area contributed by atoms with Gasteiger partial charge in [-0.1, -0.05) is 53.5 Å². The summed E-state index contributed by atoms with van der Waals surface area (Å²) in [5.74, 6) is -0.431. The average Bonchev–Trinajstić information content (AvgIpc) is 2.68. The maximum atomic E-state index is 12.6. The number of nitrogens with one attached hydrogen (secondary N) is 1. The Hall–Kier alpha value is -2.37. The van der Waals surface area contributed by atoms with Crippen LogP contribution in [0.1, 0.15) is 28.8 Å². The van der Waals surface area contributed by atoms with Crippen LogP contribution in [0.25, 0.3) is 0 Å². The maximum absolute atomic E-state index is 12.6. The average molecular weight is 404 g/mol. The number of hydrazone groups is 1. The molecule has 5 nitrogen and oxygen atoms in total.